The van der Waals surface area contributed by atoms with Crippen LogP contribution < -0.4 is 0 Å². The van der Waals surface area contributed by atoms with Gasteiger partial charge in [-0.2, -0.15) is 0 Å². The SMILES string of the molecule is Cc1nc2c(C(=O)O)cccn2c1N=Nc1ccccc1O. The van der Waals surface area contributed by atoms with E-state index in [1.54, 1.807) is 41.8 Å². The summed E-state index contributed by atoms with van der Waals surface area (Å²) in [4.78, 5) is 15.5. The molecule has 3 rings (SSSR count). The van der Waals surface area contributed by atoms with Crippen LogP contribution in [0.15, 0.2) is 52.8 Å². The zero-order valence-corrected chi connectivity index (χ0v) is 11.6. The van der Waals surface area contributed by atoms with Crippen molar-refractivity contribution in [3.63, 3.8) is 0 Å². The lowest BCUT2D eigenvalue weighted by atomic mass is 10.3. The van der Waals surface area contributed by atoms with Gasteiger partial charge in [-0.1, -0.05) is 12.1 Å². The number of hydrogen-bond donors (Lipinski definition) is 2. The van der Waals surface area contributed by atoms with Gasteiger partial charge in [0, 0.05) is 6.20 Å². The average Bonchev–Trinajstić information content (AvgIpc) is 2.81. The number of aryl methyl sites for hydroxylation is 1. The van der Waals surface area contributed by atoms with Gasteiger partial charge in [-0.3, -0.25) is 4.40 Å². The molecule has 7 heteroatoms. The molecule has 1 aromatic carbocycles. The lowest BCUT2D eigenvalue weighted by Crippen LogP contribution is -1.99. The molecule has 0 bridgehead atoms. The number of aromatic hydroxyl groups is 1. The highest BCUT2D eigenvalue weighted by molar-refractivity contribution is 5.94. The van der Waals surface area contributed by atoms with Gasteiger partial charge in [-0.15, -0.1) is 10.2 Å². The van der Waals surface area contributed by atoms with Gasteiger partial charge < -0.3 is 10.2 Å². The molecule has 0 aliphatic carbocycles. The number of imidazole rings is 1. The first-order chi connectivity index (χ1) is 10.6. The molecule has 2 heterocycles. The predicted molar refractivity (Wildman–Crippen MR) is 79.2 cm³/mol. The predicted octanol–water partition coefficient (Wildman–Crippen LogP) is 3.46. The van der Waals surface area contributed by atoms with Crippen LogP contribution in [0.3, 0.4) is 0 Å². The maximum atomic E-state index is 11.2. The van der Waals surface area contributed by atoms with Crippen molar-refractivity contribution in [3.8, 4) is 5.75 Å². The molecule has 0 radical (unpaired) electrons. The van der Waals surface area contributed by atoms with Crippen LogP contribution in [0.25, 0.3) is 5.65 Å². The minimum Gasteiger partial charge on any atom is -0.506 e. The average molecular weight is 296 g/mol. The number of phenols is 1. The second kappa shape index (κ2) is 5.28. The van der Waals surface area contributed by atoms with E-state index in [0.29, 0.717) is 22.8 Å². The van der Waals surface area contributed by atoms with Crippen LogP contribution in [0, 0.1) is 6.92 Å². The Labute approximate surface area is 125 Å². The van der Waals surface area contributed by atoms with Crippen LogP contribution in [0.2, 0.25) is 0 Å². The number of hydrogen-bond acceptors (Lipinski definition) is 5. The van der Waals surface area contributed by atoms with Gasteiger partial charge in [0.1, 0.15) is 17.0 Å². The summed E-state index contributed by atoms with van der Waals surface area (Å²) in [7, 11) is 0. The Bertz CT molecular complexity index is 899. The van der Waals surface area contributed by atoms with Crippen molar-refractivity contribution in [1.29, 1.82) is 0 Å². The van der Waals surface area contributed by atoms with Crippen LogP contribution in [0.5, 0.6) is 5.75 Å². The molecule has 7 nitrogen and oxygen atoms in total. The van der Waals surface area contributed by atoms with Gasteiger partial charge in [0.2, 0.25) is 0 Å². The summed E-state index contributed by atoms with van der Waals surface area (Å²) in [6.45, 7) is 1.72. The number of fused-ring (bicyclic) bond motifs is 1. The Hall–Kier alpha value is -3.22. The second-order valence-corrected chi connectivity index (χ2v) is 4.63. The number of aromatic nitrogens is 2. The molecular weight excluding hydrogens is 284 g/mol. The fourth-order valence-corrected chi connectivity index (χ4v) is 2.11. The van der Waals surface area contributed by atoms with Crippen molar-refractivity contribution in [2.75, 3.05) is 0 Å². The minimum atomic E-state index is -1.06. The van der Waals surface area contributed by atoms with Crippen LogP contribution in [0.4, 0.5) is 11.5 Å². The van der Waals surface area contributed by atoms with Crippen LogP contribution in [-0.4, -0.2) is 25.6 Å². The van der Waals surface area contributed by atoms with E-state index in [0.717, 1.165) is 0 Å². The van der Waals surface area contributed by atoms with E-state index in [1.807, 2.05) is 0 Å². The number of carboxylic acids is 1. The fraction of sp³-hybridized carbons (Fsp3) is 0.0667. The van der Waals surface area contributed by atoms with Crippen molar-refractivity contribution in [2.45, 2.75) is 6.92 Å². The van der Waals surface area contributed by atoms with E-state index in [2.05, 4.69) is 15.2 Å². The van der Waals surface area contributed by atoms with Crippen LogP contribution >= 0.6 is 0 Å². The summed E-state index contributed by atoms with van der Waals surface area (Å²) >= 11 is 0. The number of carbonyl (C=O) groups is 1. The van der Waals surface area contributed by atoms with Crippen LogP contribution in [0.1, 0.15) is 16.1 Å². The number of para-hydroxylation sites is 1. The molecule has 2 aromatic heterocycles. The van der Waals surface area contributed by atoms with Crippen molar-refractivity contribution in [2.24, 2.45) is 10.2 Å². The zero-order chi connectivity index (χ0) is 15.7. The van der Waals surface area contributed by atoms with E-state index < -0.39 is 5.97 Å². The molecule has 0 fully saturated rings. The van der Waals surface area contributed by atoms with Gasteiger partial charge in [-0.05, 0) is 31.2 Å². The third kappa shape index (κ3) is 2.28. The quantitative estimate of drug-likeness (QED) is 0.723. The molecular formula is C15H12N4O3. The smallest absolute Gasteiger partial charge is 0.339 e. The molecule has 0 saturated heterocycles. The largest absolute Gasteiger partial charge is 0.506 e. The summed E-state index contributed by atoms with van der Waals surface area (Å²) < 4.78 is 1.56. The number of carboxylic acid groups (broad SMARTS) is 1. The lowest BCUT2D eigenvalue weighted by molar-refractivity contribution is 0.0698. The number of pyridine rings is 1. The summed E-state index contributed by atoms with van der Waals surface area (Å²) in [5.74, 6) is -0.620. The zero-order valence-electron chi connectivity index (χ0n) is 11.6. The van der Waals surface area contributed by atoms with E-state index in [9.17, 15) is 15.0 Å². The standard InChI is InChI=1S/C15H12N4O3/c1-9-13(18-17-11-6-2-3-7-12(11)20)19-8-4-5-10(15(21)22)14(19)16-9/h2-8,20H,1H3,(H,21,22). The molecule has 110 valence electrons. The third-order valence-electron chi connectivity index (χ3n) is 3.16. The molecule has 0 unspecified atom stereocenters. The number of azo groups is 1. The molecule has 0 aliphatic heterocycles. The Balaban J connectivity index is 2.12. The molecule has 0 amide bonds. The van der Waals surface area contributed by atoms with Crippen molar-refractivity contribution in [1.82, 2.24) is 9.38 Å². The van der Waals surface area contributed by atoms with E-state index >= 15 is 0 Å². The van der Waals surface area contributed by atoms with Gasteiger partial charge in [0.15, 0.2) is 11.5 Å². The first-order valence-electron chi connectivity index (χ1n) is 6.48. The van der Waals surface area contributed by atoms with Gasteiger partial charge in [0.05, 0.1) is 5.69 Å². The number of phenolic OH excluding ortho intramolecular Hbond substituents is 1. The van der Waals surface area contributed by atoms with Crippen LogP contribution in [-0.2, 0) is 0 Å². The summed E-state index contributed by atoms with van der Waals surface area (Å²) in [6.07, 6.45) is 1.67. The Kier molecular flexibility index (Phi) is 3.30. The molecule has 22 heavy (non-hydrogen) atoms. The first-order valence-corrected chi connectivity index (χ1v) is 6.48. The molecule has 0 atom stereocenters. The Morgan fingerprint density at radius 2 is 1.95 bits per heavy atom. The maximum Gasteiger partial charge on any atom is 0.339 e. The molecule has 0 aliphatic rings. The van der Waals surface area contributed by atoms with Crippen molar-refractivity contribution in [3.05, 3.63) is 53.9 Å². The third-order valence-corrected chi connectivity index (χ3v) is 3.16. The number of rotatable bonds is 3. The first kappa shape index (κ1) is 13.7. The Morgan fingerprint density at radius 1 is 1.18 bits per heavy atom. The maximum absolute atomic E-state index is 11.2. The van der Waals surface area contributed by atoms with Crippen molar-refractivity contribution < 1.29 is 15.0 Å². The van der Waals surface area contributed by atoms with E-state index in [-0.39, 0.29) is 11.3 Å². The summed E-state index contributed by atoms with van der Waals surface area (Å²) in [5, 5.41) is 27.0. The summed E-state index contributed by atoms with van der Waals surface area (Å²) in [6, 6.07) is 9.65. The number of benzene rings is 1. The highest BCUT2D eigenvalue weighted by Gasteiger charge is 2.15. The lowest BCUT2D eigenvalue weighted by Gasteiger charge is -1.99. The van der Waals surface area contributed by atoms with Crippen molar-refractivity contribution >= 4 is 23.1 Å². The molecule has 2 N–H and O–H groups in total. The highest BCUT2D eigenvalue weighted by atomic mass is 16.4. The Morgan fingerprint density at radius 3 is 2.68 bits per heavy atom. The molecule has 0 spiro atoms. The second-order valence-electron chi connectivity index (χ2n) is 4.63. The van der Waals surface area contributed by atoms with E-state index in [1.165, 1.54) is 12.1 Å². The number of nitrogens with zero attached hydrogens (tertiary/aromatic N) is 4. The minimum absolute atomic E-state index is 0.0175. The van der Waals surface area contributed by atoms with Gasteiger partial charge in [-0.25, -0.2) is 9.78 Å². The summed E-state index contributed by atoms with van der Waals surface area (Å²) in [5.41, 5.74) is 1.27. The van der Waals surface area contributed by atoms with Gasteiger partial charge >= 0.3 is 5.97 Å². The fourth-order valence-electron chi connectivity index (χ4n) is 2.11. The highest BCUT2D eigenvalue weighted by Crippen LogP contribution is 2.29. The normalized spacial score (nSPS) is 11.3. The molecule has 3 aromatic rings. The van der Waals surface area contributed by atoms with E-state index in [4.69, 9.17) is 0 Å². The molecule has 0 saturated carbocycles. The number of aromatic carboxylic acids is 1. The van der Waals surface area contributed by atoms with Gasteiger partial charge in [0.25, 0.3) is 0 Å². The monoisotopic (exact) mass is 296 g/mol. The topological polar surface area (TPSA) is 99.5 Å².